The molecule has 0 aliphatic heterocycles. The highest BCUT2D eigenvalue weighted by molar-refractivity contribution is 6.04. The van der Waals surface area contributed by atoms with E-state index in [1.54, 1.807) is 42.5 Å². The zero-order chi connectivity index (χ0) is 19.5. The molecule has 0 aliphatic carbocycles. The topological polar surface area (TPSA) is 67.8 Å². The summed E-state index contributed by atoms with van der Waals surface area (Å²) in [6, 6.07) is 18.3. The number of nitrogens with one attached hydrogen (secondary N) is 1. The predicted molar refractivity (Wildman–Crippen MR) is 102 cm³/mol. The number of fused-ring (bicyclic) bond motifs is 1. The number of rotatable bonds is 4. The van der Waals surface area contributed by atoms with Crippen molar-refractivity contribution in [2.75, 3.05) is 5.32 Å². The van der Waals surface area contributed by atoms with E-state index in [4.69, 9.17) is 0 Å². The van der Waals surface area contributed by atoms with E-state index in [1.165, 1.54) is 18.3 Å². The summed E-state index contributed by atoms with van der Waals surface area (Å²) in [7, 11) is 0. The number of hydrogen-bond donors (Lipinski definition) is 1. The molecule has 2 heterocycles. The molecule has 5 nitrogen and oxygen atoms in total. The third kappa shape index (κ3) is 3.55. The molecule has 2 aromatic carbocycles. The summed E-state index contributed by atoms with van der Waals surface area (Å²) in [5.74, 6) is -0.120. The molecule has 0 unspecified atom stereocenters. The van der Waals surface area contributed by atoms with Gasteiger partial charge in [-0.2, -0.15) is 5.10 Å². The van der Waals surface area contributed by atoms with Crippen LogP contribution >= 0.6 is 0 Å². The zero-order valence-corrected chi connectivity index (χ0v) is 14.5. The molecule has 0 bridgehead atoms. The third-order valence-corrected chi connectivity index (χ3v) is 4.22. The SMILES string of the molecule is O=C(Nc1cccnn1)c1ccc2cccc(-c3cccc(C(F)F)c3)c2n1. The van der Waals surface area contributed by atoms with Gasteiger partial charge in [-0.25, -0.2) is 13.8 Å². The molecule has 0 fully saturated rings. The van der Waals surface area contributed by atoms with Crippen molar-refractivity contribution in [3.05, 3.63) is 84.2 Å². The van der Waals surface area contributed by atoms with Crippen LogP contribution in [-0.2, 0) is 0 Å². The molecule has 138 valence electrons. The van der Waals surface area contributed by atoms with Crippen molar-refractivity contribution in [2.24, 2.45) is 0 Å². The third-order valence-electron chi connectivity index (χ3n) is 4.22. The number of halogens is 2. The van der Waals surface area contributed by atoms with Crippen LogP contribution in [0.3, 0.4) is 0 Å². The summed E-state index contributed by atoms with van der Waals surface area (Å²) >= 11 is 0. The minimum absolute atomic E-state index is 0.0638. The van der Waals surface area contributed by atoms with Gasteiger partial charge in [0.1, 0.15) is 5.69 Å². The average Bonchev–Trinajstić information content (AvgIpc) is 2.73. The molecule has 7 heteroatoms. The van der Waals surface area contributed by atoms with Gasteiger partial charge in [0.05, 0.1) is 5.52 Å². The quantitative estimate of drug-likeness (QED) is 0.551. The molecule has 0 radical (unpaired) electrons. The molecule has 1 amide bonds. The minimum atomic E-state index is -2.56. The van der Waals surface area contributed by atoms with E-state index in [9.17, 15) is 13.6 Å². The second kappa shape index (κ2) is 7.48. The summed E-state index contributed by atoms with van der Waals surface area (Å²) in [5.41, 5.74) is 1.97. The van der Waals surface area contributed by atoms with Crippen molar-refractivity contribution in [1.82, 2.24) is 15.2 Å². The van der Waals surface area contributed by atoms with Crippen LogP contribution in [0, 0.1) is 0 Å². The van der Waals surface area contributed by atoms with E-state index in [0.29, 0.717) is 22.5 Å². The van der Waals surface area contributed by atoms with Crippen LogP contribution in [0.25, 0.3) is 22.0 Å². The largest absolute Gasteiger partial charge is 0.304 e. The Labute approximate surface area is 159 Å². The van der Waals surface area contributed by atoms with Crippen molar-refractivity contribution in [1.29, 1.82) is 0 Å². The number of para-hydroxylation sites is 1. The van der Waals surface area contributed by atoms with Gasteiger partial charge in [-0.1, -0.05) is 42.5 Å². The maximum absolute atomic E-state index is 13.1. The fourth-order valence-electron chi connectivity index (χ4n) is 2.90. The van der Waals surface area contributed by atoms with Crippen LogP contribution in [0.2, 0.25) is 0 Å². The smallest absolute Gasteiger partial charge is 0.275 e. The normalized spacial score (nSPS) is 11.0. The van der Waals surface area contributed by atoms with Gasteiger partial charge in [0.15, 0.2) is 5.82 Å². The van der Waals surface area contributed by atoms with Gasteiger partial charge in [0.25, 0.3) is 12.3 Å². The van der Waals surface area contributed by atoms with Crippen LogP contribution in [0.1, 0.15) is 22.5 Å². The Hall–Kier alpha value is -3.74. The van der Waals surface area contributed by atoms with Gasteiger partial charge in [-0.15, -0.1) is 5.10 Å². The van der Waals surface area contributed by atoms with Gasteiger partial charge in [-0.05, 0) is 29.8 Å². The molecule has 4 rings (SSSR count). The van der Waals surface area contributed by atoms with Gasteiger partial charge in [0.2, 0.25) is 0 Å². The standard InChI is InChI=1S/C21H14F2N4O/c22-20(23)15-6-1-5-14(12-15)16-7-2-4-13-9-10-17(25-19(13)16)21(28)26-18-8-3-11-24-27-18/h1-12,20H,(H,26,27,28). The van der Waals surface area contributed by atoms with E-state index >= 15 is 0 Å². The van der Waals surface area contributed by atoms with E-state index in [1.807, 2.05) is 12.1 Å². The molecule has 1 N–H and O–H groups in total. The Kier molecular flexibility index (Phi) is 4.72. The number of carbonyl (C=O) groups is 1. The molecule has 0 spiro atoms. The lowest BCUT2D eigenvalue weighted by Gasteiger charge is -2.10. The highest BCUT2D eigenvalue weighted by atomic mass is 19.3. The van der Waals surface area contributed by atoms with Gasteiger partial charge >= 0.3 is 0 Å². The Morgan fingerprint density at radius 1 is 0.964 bits per heavy atom. The number of aromatic nitrogens is 3. The first-order chi connectivity index (χ1) is 13.6. The van der Waals surface area contributed by atoms with Gasteiger partial charge < -0.3 is 5.32 Å². The highest BCUT2D eigenvalue weighted by Gasteiger charge is 2.13. The Balaban J connectivity index is 1.76. The second-order valence-electron chi connectivity index (χ2n) is 6.06. The molecule has 2 aromatic heterocycles. The van der Waals surface area contributed by atoms with E-state index in [-0.39, 0.29) is 11.3 Å². The van der Waals surface area contributed by atoms with Crippen molar-refractivity contribution in [3.8, 4) is 11.1 Å². The number of alkyl halides is 2. The maximum Gasteiger partial charge on any atom is 0.275 e. The average molecular weight is 376 g/mol. The Morgan fingerprint density at radius 3 is 2.61 bits per heavy atom. The van der Waals surface area contributed by atoms with Crippen LogP contribution in [0.4, 0.5) is 14.6 Å². The van der Waals surface area contributed by atoms with Crippen LogP contribution in [0.15, 0.2) is 72.9 Å². The van der Waals surface area contributed by atoms with Crippen LogP contribution in [-0.4, -0.2) is 21.1 Å². The predicted octanol–water partition coefficient (Wildman–Crippen LogP) is 4.88. The van der Waals surface area contributed by atoms with Crippen molar-refractivity contribution in [3.63, 3.8) is 0 Å². The molecular weight excluding hydrogens is 362 g/mol. The molecule has 28 heavy (non-hydrogen) atoms. The summed E-state index contributed by atoms with van der Waals surface area (Å²) in [4.78, 5) is 17.0. The number of pyridine rings is 1. The fourth-order valence-corrected chi connectivity index (χ4v) is 2.90. The van der Waals surface area contributed by atoms with Crippen molar-refractivity contribution >= 4 is 22.6 Å². The zero-order valence-electron chi connectivity index (χ0n) is 14.5. The molecule has 0 saturated carbocycles. The lowest BCUT2D eigenvalue weighted by atomic mass is 10.00. The number of nitrogens with zero attached hydrogens (tertiary/aromatic N) is 3. The van der Waals surface area contributed by atoms with Gasteiger partial charge in [-0.3, -0.25) is 4.79 Å². The number of anilines is 1. The Morgan fingerprint density at radius 2 is 1.82 bits per heavy atom. The summed E-state index contributed by atoms with van der Waals surface area (Å²) in [5, 5.41) is 11.0. The fraction of sp³-hybridized carbons (Fsp3) is 0.0476. The number of amides is 1. The number of carbonyl (C=O) groups excluding carboxylic acids is 1. The van der Waals surface area contributed by atoms with E-state index < -0.39 is 12.3 Å². The van der Waals surface area contributed by atoms with E-state index in [0.717, 1.165) is 5.39 Å². The van der Waals surface area contributed by atoms with Crippen molar-refractivity contribution < 1.29 is 13.6 Å². The molecule has 0 aliphatic rings. The number of hydrogen-bond acceptors (Lipinski definition) is 4. The first kappa shape index (κ1) is 17.7. The Bertz CT molecular complexity index is 1150. The highest BCUT2D eigenvalue weighted by Crippen LogP contribution is 2.30. The number of benzene rings is 2. The second-order valence-corrected chi connectivity index (χ2v) is 6.06. The molecule has 4 aromatic rings. The summed E-state index contributed by atoms with van der Waals surface area (Å²) < 4.78 is 26.1. The molecule has 0 saturated heterocycles. The van der Waals surface area contributed by atoms with E-state index in [2.05, 4.69) is 20.5 Å². The minimum Gasteiger partial charge on any atom is -0.304 e. The lowest BCUT2D eigenvalue weighted by Crippen LogP contribution is -2.14. The summed E-state index contributed by atoms with van der Waals surface area (Å²) in [6.45, 7) is 0. The first-order valence-electron chi connectivity index (χ1n) is 8.49. The van der Waals surface area contributed by atoms with Crippen LogP contribution in [0.5, 0.6) is 0 Å². The lowest BCUT2D eigenvalue weighted by molar-refractivity contribution is 0.102. The molecule has 0 atom stereocenters. The summed E-state index contributed by atoms with van der Waals surface area (Å²) in [6.07, 6.45) is -1.06. The maximum atomic E-state index is 13.1. The van der Waals surface area contributed by atoms with Crippen molar-refractivity contribution in [2.45, 2.75) is 6.43 Å². The monoisotopic (exact) mass is 376 g/mol. The van der Waals surface area contributed by atoms with Gasteiger partial charge in [0, 0.05) is 22.7 Å². The van der Waals surface area contributed by atoms with Crippen LogP contribution < -0.4 is 5.32 Å². The first-order valence-corrected chi connectivity index (χ1v) is 8.49. The molecular formula is C21H14F2N4O.